The molecule has 0 aliphatic rings. The molecule has 0 aliphatic carbocycles. The summed E-state index contributed by atoms with van der Waals surface area (Å²) < 4.78 is 14.7. The lowest BCUT2D eigenvalue weighted by Gasteiger charge is -2.06. The Kier molecular flexibility index (Phi) is 2.96. The van der Waals surface area contributed by atoms with Gasteiger partial charge in [0.05, 0.1) is 25.4 Å². The minimum absolute atomic E-state index is 0.169. The van der Waals surface area contributed by atoms with Crippen molar-refractivity contribution in [2.75, 3.05) is 7.11 Å². The molecule has 0 N–H and O–H groups in total. The van der Waals surface area contributed by atoms with Gasteiger partial charge in [0.25, 0.3) is 5.56 Å². The van der Waals surface area contributed by atoms with Gasteiger partial charge in [-0.05, 0) is 17.7 Å². The number of rotatable bonds is 3. The molecule has 0 unspecified atom stereocenters. The van der Waals surface area contributed by atoms with Gasteiger partial charge in [0.15, 0.2) is 0 Å². The van der Waals surface area contributed by atoms with Gasteiger partial charge in [0, 0.05) is 12.1 Å². The van der Waals surface area contributed by atoms with E-state index in [1.54, 1.807) is 6.07 Å². The van der Waals surface area contributed by atoms with Crippen LogP contribution in [0.15, 0.2) is 35.1 Å². The fourth-order valence-electron chi connectivity index (χ4n) is 1.75. The Hall–Kier alpha value is -2.28. The molecule has 3 aromatic rings. The first-order valence-corrected chi connectivity index (χ1v) is 6.32. The van der Waals surface area contributed by atoms with E-state index in [2.05, 4.69) is 13.8 Å². The Balaban J connectivity index is 1.97. The summed E-state index contributed by atoms with van der Waals surface area (Å²) in [6.45, 7) is 0.378. The Bertz CT molecular complexity index is 780. The Morgan fingerprint density at radius 2 is 2.05 bits per heavy atom. The van der Waals surface area contributed by atoms with Crippen LogP contribution in [0.2, 0.25) is 0 Å². The first-order chi connectivity index (χ1) is 9.26. The molecule has 0 aliphatic heterocycles. The normalized spacial score (nSPS) is 10.8. The largest absolute Gasteiger partial charge is 0.480 e. The number of ether oxygens (including phenoxy) is 1. The summed E-state index contributed by atoms with van der Waals surface area (Å²) in [7, 11) is 1.52. The predicted octanol–water partition coefficient (Wildman–Crippen LogP) is 1.30. The summed E-state index contributed by atoms with van der Waals surface area (Å²) in [6, 6.07) is 8.70. The van der Waals surface area contributed by atoms with Crippen molar-refractivity contribution >= 4 is 22.8 Å². The molecule has 0 radical (unpaired) electrons. The lowest BCUT2D eigenvalue weighted by Crippen LogP contribution is -2.22. The van der Waals surface area contributed by atoms with Crippen LogP contribution in [-0.2, 0) is 6.54 Å². The SMILES string of the molecule is COc1ccc(=O)n(Cc2ccc3nsnc3c2)n1. The van der Waals surface area contributed by atoms with Crippen LogP contribution in [0.1, 0.15) is 5.56 Å². The van der Waals surface area contributed by atoms with E-state index in [-0.39, 0.29) is 5.56 Å². The second kappa shape index (κ2) is 4.77. The quantitative estimate of drug-likeness (QED) is 0.720. The third-order valence-corrected chi connectivity index (χ3v) is 3.26. The van der Waals surface area contributed by atoms with Crippen LogP contribution in [0.25, 0.3) is 11.0 Å². The van der Waals surface area contributed by atoms with E-state index in [0.717, 1.165) is 16.6 Å². The maximum Gasteiger partial charge on any atom is 0.267 e. The van der Waals surface area contributed by atoms with Gasteiger partial charge in [-0.2, -0.15) is 8.75 Å². The molecule has 0 spiro atoms. The van der Waals surface area contributed by atoms with E-state index < -0.39 is 0 Å². The maximum atomic E-state index is 11.7. The highest BCUT2D eigenvalue weighted by Crippen LogP contribution is 2.14. The van der Waals surface area contributed by atoms with Gasteiger partial charge < -0.3 is 4.74 Å². The molecule has 1 aromatic carbocycles. The number of nitrogens with zero attached hydrogens (tertiary/aromatic N) is 4. The number of hydrogen-bond acceptors (Lipinski definition) is 6. The second-order valence-electron chi connectivity index (χ2n) is 3.96. The molecular formula is C12H10N4O2S. The number of methoxy groups -OCH3 is 1. The van der Waals surface area contributed by atoms with Crippen molar-refractivity contribution < 1.29 is 4.74 Å². The molecule has 96 valence electrons. The molecule has 6 nitrogen and oxygen atoms in total. The minimum Gasteiger partial charge on any atom is -0.480 e. The van der Waals surface area contributed by atoms with E-state index in [1.807, 2.05) is 18.2 Å². The van der Waals surface area contributed by atoms with E-state index in [9.17, 15) is 4.79 Å². The average Bonchev–Trinajstić information content (AvgIpc) is 2.89. The van der Waals surface area contributed by atoms with Gasteiger partial charge in [0.2, 0.25) is 5.88 Å². The van der Waals surface area contributed by atoms with Crippen LogP contribution in [-0.4, -0.2) is 25.6 Å². The van der Waals surface area contributed by atoms with Crippen LogP contribution in [0.5, 0.6) is 5.88 Å². The van der Waals surface area contributed by atoms with E-state index in [0.29, 0.717) is 12.4 Å². The van der Waals surface area contributed by atoms with Crippen LogP contribution >= 0.6 is 11.7 Å². The summed E-state index contributed by atoms with van der Waals surface area (Å²) in [5.74, 6) is 0.413. The van der Waals surface area contributed by atoms with E-state index in [1.165, 1.54) is 29.6 Å². The zero-order valence-electron chi connectivity index (χ0n) is 10.1. The maximum absolute atomic E-state index is 11.7. The first-order valence-electron chi connectivity index (χ1n) is 5.59. The van der Waals surface area contributed by atoms with Crippen molar-refractivity contribution in [1.29, 1.82) is 0 Å². The van der Waals surface area contributed by atoms with Crippen molar-refractivity contribution in [3.8, 4) is 5.88 Å². The molecular weight excluding hydrogens is 264 g/mol. The van der Waals surface area contributed by atoms with Gasteiger partial charge in [-0.1, -0.05) is 6.07 Å². The van der Waals surface area contributed by atoms with Crippen molar-refractivity contribution in [2.45, 2.75) is 6.54 Å². The zero-order valence-corrected chi connectivity index (χ0v) is 10.9. The van der Waals surface area contributed by atoms with Crippen molar-refractivity contribution in [3.05, 3.63) is 46.2 Å². The molecule has 2 aromatic heterocycles. The number of benzene rings is 1. The third-order valence-electron chi connectivity index (χ3n) is 2.70. The summed E-state index contributed by atoms with van der Waals surface area (Å²) in [6.07, 6.45) is 0. The summed E-state index contributed by atoms with van der Waals surface area (Å²) >= 11 is 1.17. The smallest absolute Gasteiger partial charge is 0.267 e. The molecule has 3 rings (SSSR count). The van der Waals surface area contributed by atoms with Crippen molar-refractivity contribution in [1.82, 2.24) is 18.5 Å². The van der Waals surface area contributed by atoms with Crippen LogP contribution < -0.4 is 10.3 Å². The molecule has 0 saturated heterocycles. The highest BCUT2D eigenvalue weighted by Gasteiger charge is 2.04. The van der Waals surface area contributed by atoms with Gasteiger partial charge >= 0.3 is 0 Å². The van der Waals surface area contributed by atoms with E-state index >= 15 is 0 Å². The molecule has 0 atom stereocenters. The number of fused-ring (bicyclic) bond motifs is 1. The van der Waals surface area contributed by atoms with E-state index in [4.69, 9.17) is 4.74 Å². The molecule has 0 saturated carbocycles. The first kappa shape index (κ1) is 11.8. The molecule has 19 heavy (non-hydrogen) atoms. The topological polar surface area (TPSA) is 69.9 Å². The van der Waals surface area contributed by atoms with Gasteiger partial charge in [-0.15, -0.1) is 5.10 Å². The highest BCUT2D eigenvalue weighted by atomic mass is 32.1. The van der Waals surface area contributed by atoms with Gasteiger partial charge in [0.1, 0.15) is 11.0 Å². The van der Waals surface area contributed by atoms with Crippen LogP contribution in [0.4, 0.5) is 0 Å². The number of aromatic nitrogens is 4. The molecule has 2 heterocycles. The molecule has 0 bridgehead atoms. The fourth-order valence-corrected chi connectivity index (χ4v) is 2.27. The predicted molar refractivity (Wildman–Crippen MR) is 71.6 cm³/mol. The summed E-state index contributed by atoms with van der Waals surface area (Å²) in [5.41, 5.74) is 2.47. The molecule has 7 heteroatoms. The lowest BCUT2D eigenvalue weighted by molar-refractivity contribution is 0.379. The third kappa shape index (κ3) is 2.32. The van der Waals surface area contributed by atoms with Crippen molar-refractivity contribution in [2.24, 2.45) is 0 Å². The summed E-state index contributed by atoms with van der Waals surface area (Å²) in [4.78, 5) is 11.7. The highest BCUT2D eigenvalue weighted by molar-refractivity contribution is 7.00. The monoisotopic (exact) mass is 274 g/mol. The Morgan fingerprint density at radius 1 is 1.21 bits per heavy atom. The number of hydrogen-bond donors (Lipinski definition) is 0. The zero-order chi connectivity index (χ0) is 13.2. The van der Waals surface area contributed by atoms with Crippen LogP contribution in [0.3, 0.4) is 0 Å². The molecule has 0 amide bonds. The average molecular weight is 274 g/mol. The summed E-state index contributed by atoms with van der Waals surface area (Å²) in [5, 5.41) is 4.10. The lowest BCUT2D eigenvalue weighted by atomic mass is 10.2. The Labute approximate surface area is 112 Å². The van der Waals surface area contributed by atoms with Gasteiger partial charge in [-0.25, -0.2) is 4.68 Å². The second-order valence-corrected chi connectivity index (χ2v) is 4.49. The van der Waals surface area contributed by atoms with Crippen molar-refractivity contribution in [3.63, 3.8) is 0 Å². The standard InChI is InChI=1S/C12H10N4O2S/c1-18-11-4-5-12(17)16(13-11)7-8-2-3-9-10(6-8)15-19-14-9/h2-6H,7H2,1H3. The van der Waals surface area contributed by atoms with Crippen LogP contribution in [0, 0.1) is 0 Å². The van der Waals surface area contributed by atoms with Gasteiger partial charge in [-0.3, -0.25) is 4.79 Å². The fraction of sp³-hybridized carbons (Fsp3) is 0.167. The minimum atomic E-state index is -0.169. The molecule has 0 fully saturated rings. The Morgan fingerprint density at radius 3 is 2.89 bits per heavy atom.